The summed E-state index contributed by atoms with van der Waals surface area (Å²) in [6.07, 6.45) is 0. The van der Waals surface area contributed by atoms with E-state index in [0.717, 1.165) is 5.56 Å². The Balaban J connectivity index is 1.97. The van der Waals surface area contributed by atoms with Crippen molar-refractivity contribution in [1.82, 2.24) is 0 Å². The molecule has 3 rings (SSSR count). The monoisotopic (exact) mass is 313 g/mol. The van der Waals surface area contributed by atoms with E-state index < -0.39 is 5.91 Å². The van der Waals surface area contributed by atoms with Gasteiger partial charge in [-0.25, -0.2) is 0 Å². The van der Waals surface area contributed by atoms with Crippen molar-refractivity contribution in [3.05, 3.63) is 75.1 Å². The number of para-hydroxylation sites is 1. The predicted octanol–water partition coefficient (Wildman–Crippen LogP) is 4.01. The highest BCUT2D eigenvalue weighted by atomic mass is 35.5. The van der Waals surface area contributed by atoms with Crippen molar-refractivity contribution in [3.8, 4) is 0 Å². The minimum absolute atomic E-state index is 0.0296. The van der Waals surface area contributed by atoms with Gasteiger partial charge in [-0.05, 0) is 42.8 Å². The Morgan fingerprint density at radius 2 is 1.91 bits per heavy atom. The maximum absolute atomic E-state index is 12.3. The van der Waals surface area contributed by atoms with Crippen LogP contribution < -0.4 is 10.7 Å². The number of hydrogen-bond acceptors (Lipinski definition) is 3. The topological polar surface area (TPSA) is 59.3 Å². The zero-order chi connectivity index (χ0) is 15.7. The summed E-state index contributed by atoms with van der Waals surface area (Å²) < 4.78 is 5.50. The van der Waals surface area contributed by atoms with Crippen LogP contribution in [0.4, 0.5) is 5.69 Å². The molecule has 0 bridgehead atoms. The Labute approximate surface area is 131 Å². The fourth-order valence-corrected chi connectivity index (χ4v) is 2.39. The molecule has 1 aromatic heterocycles. The lowest BCUT2D eigenvalue weighted by Gasteiger charge is -2.08. The maximum Gasteiger partial charge on any atom is 0.291 e. The van der Waals surface area contributed by atoms with Gasteiger partial charge in [0.1, 0.15) is 5.58 Å². The number of nitrogens with one attached hydrogen (secondary N) is 1. The van der Waals surface area contributed by atoms with E-state index in [1.165, 1.54) is 6.07 Å². The molecule has 0 fully saturated rings. The minimum atomic E-state index is -0.478. The maximum atomic E-state index is 12.3. The fraction of sp³-hybridized carbons (Fsp3) is 0.0588. The SMILES string of the molecule is Cc1cc(Cl)ccc1NC(=O)c1cc(=O)c2ccccc2o1. The molecule has 1 N–H and O–H groups in total. The Hall–Kier alpha value is -2.59. The molecule has 5 heteroatoms. The number of carbonyl (C=O) groups excluding carboxylic acids is 1. The van der Waals surface area contributed by atoms with E-state index in [1.807, 2.05) is 6.92 Å². The number of rotatable bonds is 2. The number of fused-ring (bicyclic) bond motifs is 1. The van der Waals surface area contributed by atoms with E-state index in [9.17, 15) is 9.59 Å². The molecule has 110 valence electrons. The van der Waals surface area contributed by atoms with Crippen molar-refractivity contribution in [2.24, 2.45) is 0 Å². The number of anilines is 1. The van der Waals surface area contributed by atoms with Crippen LogP contribution in [0.3, 0.4) is 0 Å². The van der Waals surface area contributed by atoms with Crippen LogP contribution in [0.5, 0.6) is 0 Å². The highest BCUT2D eigenvalue weighted by Gasteiger charge is 2.13. The summed E-state index contributed by atoms with van der Waals surface area (Å²) in [5.41, 5.74) is 1.57. The second-order valence-electron chi connectivity index (χ2n) is 4.88. The van der Waals surface area contributed by atoms with Crippen LogP contribution in [0.1, 0.15) is 16.1 Å². The molecule has 0 saturated carbocycles. The fourth-order valence-electron chi connectivity index (χ4n) is 2.17. The summed E-state index contributed by atoms with van der Waals surface area (Å²) in [6, 6.07) is 13.1. The molecule has 0 spiro atoms. The summed E-state index contributed by atoms with van der Waals surface area (Å²) in [5.74, 6) is -0.508. The quantitative estimate of drug-likeness (QED) is 0.777. The first-order valence-electron chi connectivity index (χ1n) is 6.65. The lowest BCUT2D eigenvalue weighted by Crippen LogP contribution is -2.15. The first-order chi connectivity index (χ1) is 10.5. The minimum Gasteiger partial charge on any atom is -0.451 e. The van der Waals surface area contributed by atoms with Gasteiger partial charge in [0.15, 0.2) is 11.2 Å². The Morgan fingerprint density at radius 3 is 2.68 bits per heavy atom. The number of hydrogen-bond donors (Lipinski definition) is 1. The van der Waals surface area contributed by atoms with Crippen molar-refractivity contribution in [2.75, 3.05) is 5.32 Å². The van der Waals surface area contributed by atoms with Crippen LogP contribution in [0.25, 0.3) is 11.0 Å². The van der Waals surface area contributed by atoms with Crippen LogP contribution in [0.15, 0.2) is 57.7 Å². The molecule has 0 aliphatic rings. The van der Waals surface area contributed by atoms with E-state index in [-0.39, 0.29) is 11.2 Å². The standard InChI is InChI=1S/C17H12ClNO3/c1-10-8-11(18)6-7-13(10)19-17(21)16-9-14(20)12-4-2-3-5-15(12)22-16/h2-9H,1H3,(H,19,21). The van der Waals surface area contributed by atoms with Gasteiger partial charge in [-0.15, -0.1) is 0 Å². The molecule has 0 unspecified atom stereocenters. The zero-order valence-corrected chi connectivity index (χ0v) is 12.5. The Morgan fingerprint density at radius 1 is 1.14 bits per heavy atom. The highest BCUT2D eigenvalue weighted by molar-refractivity contribution is 6.30. The van der Waals surface area contributed by atoms with Crippen LogP contribution in [0, 0.1) is 6.92 Å². The van der Waals surface area contributed by atoms with Gasteiger partial charge >= 0.3 is 0 Å². The molecule has 2 aromatic carbocycles. The molecule has 0 atom stereocenters. The van der Waals surface area contributed by atoms with Crippen LogP contribution in [-0.4, -0.2) is 5.91 Å². The first-order valence-corrected chi connectivity index (χ1v) is 7.03. The number of benzene rings is 2. The van der Waals surface area contributed by atoms with Gasteiger partial charge in [0.2, 0.25) is 0 Å². The van der Waals surface area contributed by atoms with Gasteiger partial charge < -0.3 is 9.73 Å². The third-order valence-electron chi connectivity index (χ3n) is 3.30. The summed E-state index contributed by atoms with van der Waals surface area (Å²) in [7, 11) is 0. The first kappa shape index (κ1) is 14.4. The second kappa shape index (κ2) is 5.66. The molecule has 3 aromatic rings. The van der Waals surface area contributed by atoms with Gasteiger partial charge in [-0.1, -0.05) is 23.7 Å². The van der Waals surface area contributed by atoms with Gasteiger partial charge in [0, 0.05) is 16.8 Å². The number of amides is 1. The Bertz CT molecular complexity index is 931. The molecule has 1 heterocycles. The zero-order valence-electron chi connectivity index (χ0n) is 11.7. The summed E-state index contributed by atoms with van der Waals surface area (Å²) in [6.45, 7) is 1.83. The normalized spacial score (nSPS) is 10.6. The van der Waals surface area contributed by atoms with Crippen LogP contribution in [-0.2, 0) is 0 Å². The molecule has 0 radical (unpaired) electrons. The van der Waals surface area contributed by atoms with E-state index in [2.05, 4.69) is 5.32 Å². The number of aryl methyl sites for hydroxylation is 1. The van der Waals surface area contributed by atoms with Crippen molar-refractivity contribution >= 4 is 34.2 Å². The van der Waals surface area contributed by atoms with E-state index in [1.54, 1.807) is 42.5 Å². The van der Waals surface area contributed by atoms with Gasteiger partial charge in [0.25, 0.3) is 5.91 Å². The van der Waals surface area contributed by atoms with Gasteiger partial charge in [-0.3, -0.25) is 9.59 Å². The molecule has 4 nitrogen and oxygen atoms in total. The third-order valence-corrected chi connectivity index (χ3v) is 3.53. The average Bonchev–Trinajstić information content (AvgIpc) is 2.50. The summed E-state index contributed by atoms with van der Waals surface area (Å²) in [5, 5.41) is 3.75. The Kier molecular flexibility index (Phi) is 3.69. The van der Waals surface area contributed by atoms with Crippen molar-refractivity contribution < 1.29 is 9.21 Å². The molecule has 0 saturated heterocycles. The largest absolute Gasteiger partial charge is 0.451 e. The molecule has 0 aliphatic heterocycles. The molecule has 1 amide bonds. The molecular weight excluding hydrogens is 302 g/mol. The van der Waals surface area contributed by atoms with Gasteiger partial charge in [-0.2, -0.15) is 0 Å². The smallest absolute Gasteiger partial charge is 0.291 e. The highest BCUT2D eigenvalue weighted by Crippen LogP contribution is 2.20. The number of carbonyl (C=O) groups is 1. The van der Waals surface area contributed by atoms with Gasteiger partial charge in [0.05, 0.1) is 5.39 Å². The van der Waals surface area contributed by atoms with Crippen molar-refractivity contribution in [1.29, 1.82) is 0 Å². The average molecular weight is 314 g/mol. The van der Waals surface area contributed by atoms with E-state index in [0.29, 0.717) is 21.7 Å². The van der Waals surface area contributed by atoms with Crippen molar-refractivity contribution in [3.63, 3.8) is 0 Å². The second-order valence-corrected chi connectivity index (χ2v) is 5.32. The van der Waals surface area contributed by atoms with Crippen LogP contribution >= 0.6 is 11.6 Å². The van der Waals surface area contributed by atoms with E-state index in [4.69, 9.17) is 16.0 Å². The summed E-state index contributed by atoms with van der Waals surface area (Å²) in [4.78, 5) is 24.3. The molecule has 22 heavy (non-hydrogen) atoms. The lowest BCUT2D eigenvalue weighted by molar-refractivity contribution is 0.0997. The molecule has 0 aliphatic carbocycles. The molecular formula is C17H12ClNO3. The predicted molar refractivity (Wildman–Crippen MR) is 86.6 cm³/mol. The number of halogens is 1. The lowest BCUT2D eigenvalue weighted by atomic mass is 10.2. The third kappa shape index (κ3) is 2.73. The van der Waals surface area contributed by atoms with Crippen LogP contribution in [0.2, 0.25) is 5.02 Å². The summed E-state index contributed by atoms with van der Waals surface area (Å²) >= 11 is 5.88. The van der Waals surface area contributed by atoms with E-state index >= 15 is 0 Å². The van der Waals surface area contributed by atoms with Crippen molar-refractivity contribution in [2.45, 2.75) is 6.92 Å².